The molecule has 0 bridgehead atoms. The number of carboxylic acids is 1. The highest BCUT2D eigenvalue weighted by atomic mass is 32.2. The Morgan fingerprint density at radius 2 is 2.14 bits per heavy atom. The largest absolute Gasteiger partial charge is 0.481 e. The molecule has 8 heteroatoms. The summed E-state index contributed by atoms with van der Waals surface area (Å²) in [5.41, 5.74) is 0.0902. The van der Waals surface area contributed by atoms with Crippen molar-refractivity contribution in [2.24, 2.45) is 0 Å². The summed E-state index contributed by atoms with van der Waals surface area (Å²) in [6, 6.07) is 3.07. The molecule has 0 aliphatic carbocycles. The van der Waals surface area contributed by atoms with Crippen molar-refractivity contribution in [3.63, 3.8) is 0 Å². The Bertz CT molecular complexity index is 676. The molecule has 0 atom stereocenters. The lowest BCUT2D eigenvalue weighted by atomic mass is 10.2. The Morgan fingerprint density at radius 1 is 1.41 bits per heavy atom. The van der Waals surface area contributed by atoms with E-state index >= 15 is 0 Å². The molecular weight excluding hydrogens is 332 g/mol. The van der Waals surface area contributed by atoms with Gasteiger partial charge in [-0.25, -0.2) is 8.78 Å². The van der Waals surface area contributed by atoms with Crippen molar-refractivity contribution in [1.82, 2.24) is 4.90 Å². The zero-order valence-corrected chi connectivity index (χ0v) is 12.8. The number of halogens is 2. The van der Waals surface area contributed by atoms with E-state index in [9.17, 15) is 18.4 Å². The summed E-state index contributed by atoms with van der Waals surface area (Å²) in [5, 5.41) is 8.59. The SMILES string of the molecule is O=C(O)CCCN1C(=O)C(=Cc2ccc(F)cc2F)SC1=S. The highest BCUT2D eigenvalue weighted by Gasteiger charge is 2.31. The Balaban J connectivity index is 2.13. The van der Waals surface area contributed by atoms with Gasteiger partial charge in [-0.15, -0.1) is 0 Å². The third-order valence-corrected chi connectivity index (χ3v) is 4.27. The number of carboxylic acid groups (broad SMARTS) is 1. The molecule has 2 rings (SSSR count). The van der Waals surface area contributed by atoms with E-state index in [0.717, 1.165) is 23.9 Å². The molecule has 4 nitrogen and oxygen atoms in total. The molecule has 1 amide bonds. The van der Waals surface area contributed by atoms with Crippen molar-refractivity contribution >= 4 is 46.3 Å². The fourth-order valence-electron chi connectivity index (χ4n) is 1.84. The van der Waals surface area contributed by atoms with E-state index in [1.165, 1.54) is 17.0 Å². The molecule has 22 heavy (non-hydrogen) atoms. The lowest BCUT2D eigenvalue weighted by Crippen LogP contribution is -2.29. The van der Waals surface area contributed by atoms with Crippen LogP contribution in [0.25, 0.3) is 6.08 Å². The van der Waals surface area contributed by atoms with Gasteiger partial charge < -0.3 is 5.11 Å². The van der Waals surface area contributed by atoms with Gasteiger partial charge in [0.25, 0.3) is 5.91 Å². The smallest absolute Gasteiger partial charge is 0.303 e. The Labute approximate surface area is 134 Å². The zero-order chi connectivity index (χ0) is 16.3. The first-order valence-corrected chi connectivity index (χ1v) is 7.53. The van der Waals surface area contributed by atoms with Gasteiger partial charge >= 0.3 is 5.97 Å². The number of aliphatic carboxylic acids is 1. The number of carbonyl (C=O) groups is 2. The maximum absolute atomic E-state index is 13.6. The monoisotopic (exact) mass is 343 g/mol. The first-order chi connectivity index (χ1) is 10.4. The third kappa shape index (κ3) is 3.89. The van der Waals surface area contributed by atoms with E-state index in [-0.39, 0.29) is 29.9 Å². The average Bonchev–Trinajstić information content (AvgIpc) is 2.69. The fraction of sp³-hybridized carbons (Fsp3) is 0.214. The van der Waals surface area contributed by atoms with E-state index in [1.807, 2.05) is 0 Å². The van der Waals surface area contributed by atoms with Crippen molar-refractivity contribution in [1.29, 1.82) is 0 Å². The second-order valence-corrected chi connectivity index (χ2v) is 6.17. The molecule has 0 radical (unpaired) electrons. The molecule has 1 saturated heterocycles. The molecule has 0 saturated carbocycles. The molecule has 0 spiro atoms. The molecule has 1 aliphatic rings. The minimum absolute atomic E-state index is 0.0668. The van der Waals surface area contributed by atoms with Gasteiger partial charge in [-0.3, -0.25) is 14.5 Å². The van der Waals surface area contributed by atoms with Gasteiger partial charge in [-0.2, -0.15) is 0 Å². The van der Waals surface area contributed by atoms with Crippen LogP contribution in [0.3, 0.4) is 0 Å². The zero-order valence-electron chi connectivity index (χ0n) is 11.2. The van der Waals surface area contributed by atoms with Crippen LogP contribution < -0.4 is 0 Å². The predicted octanol–water partition coefficient (Wildman–Crippen LogP) is 3.03. The van der Waals surface area contributed by atoms with Gasteiger partial charge in [0.15, 0.2) is 0 Å². The summed E-state index contributed by atoms with van der Waals surface area (Å²) in [7, 11) is 0. The van der Waals surface area contributed by atoms with Crippen LogP contribution in [-0.4, -0.2) is 32.7 Å². The van der Waals surface area contributed by atoms with Crippen molar-refractivity contribution in [3.8, 4) is 0 Å². The maximum Gasteiger partial charge on any atom is 0.303 e. The number of thiocarbonyl (C=S) groups is 1. The van der Waals surface area contributed by atoms with Crippen LogP contribution in [0.2, 0.25) is 0 Å². The van der Waals surface area contributed by atoms with Crippen molar-refractivity contribution < 1.29 is 23.5 Å². The summed E-state index contributed by atoms with van der Waals surface area (Å²) in [4.78, 5) is 24.2. The van der Waals surface area contributed by atoms with Gasteiger partial charge in [0.05, 0.1) is 4.91 Å². The van der Waals surface area contributed by atoms with Crippen LogP contribution in [0, 0.1) is 11.6 Å². The molecule has 1 heterocycles. The van der Waals surface area contributed by atoms with Crippen LogP contribution in [0.1, 0.15) is 18.4 Å². The van der Waals surface area contributed by atoms with Gasteiger partial charge in [0.1, 0.15) is 16.0 Å². The summed E-state index contributed by atoms with van der Waals surface area (Å²) < 4.78 is 26.8. The molecule has 1 aromatic rings. The maximum atomic E-state index is 13.6. The second-order valence-electron chi connectivity index (χ2n) is 4.50. The fourth-order valence-corrected chi connectivity index (χ4v) is 3.14. The second kappa shape index (κ2) is 6.97. The number of hydrogen-bond donors (Lipinski definition) is 1. The van der Waals surface area contributed by atoms with Crippen molar-refractivity contribution in [2.45, 2.75) is 12.8 Å². The number of hydrogen-bond acceptors (Lipinski definition) is 4. The third-order valence-electron chi connectivity index (χ3n) is 2.90. The minimum Gasteiger partial charge on any atom is -0.481 e. The average molecular weight is 343 g/mol. The lowest BCUT2D eigenvalue weighted by Gasteiger charge is -2.13. The quantitative estimate of drug-likeness (QED) is 0.658. The summed E-state index contributed by atoms with van der Waals surface area (Å²) in [6.45, 7) is 0.195. The summed E-state index contributed by atoms with van der Waals surface area (Å²) in [6.07, 6.45) is 1.52. The molecule has 1 aliphatic heterocycles. The van der Waals surface area contributed by atoms with Crippen LogP contribution in [-0.2, 0) is 9.59 Å². The molecule has 0 unspecified atom stereocenters. The molecule has 1 aromatic carbocycles. The first kappa shape index (κ1) is 16.6. The number of amides is 1. The number of nitrogens with zero attached hydrogens (tertiary/aromatic N) is 1. The van der Waals surface area contributed by atoms with Gasteiger partial charge in [0.2, 0.25) is 0 Å². The Hall–Kier alpha value is -1.80. The molecule has 1 fully saturated rings. The van der Waals surface area contributed by atoms with Crippen LogP contribution >= 0.6 is 24.0 Å². The standard InChI is InChI=1S/C14H11F2NO3S2/c15-9-4-3-8(10(16)7-9)6-11-13(20)17(14(21)22-11)5-1-2-12(18)19/h3-4,6-7H,1-2,5H2,(H,18,19). The summed E-state index contributed by atoms with van der Waals surface area (Å²) >= 11 is 6.08. The minimum atomic E-state index is -0.950. The van der Waals surface area contributed by atoms with Crippen LogP contribution in [0.5, 0.6) is 0 Å². The topological polar surface area (TPSA) is 57.6 Å². The van der Waals surface area contributed by atoms with Gasteiger partial charge in [0, 0.05) is 24.6 Å². The van der Waals surface area contributed by atoms with Crippen molar-refractivity contribution in [2.75, 3.05) is 6.54 Å². The van der Waals surface area contributed by atoms with E-state index in [1.54, 1.807) is 0 Å². The van der Waals surface area contributed by atoms with E-state index in [2.05, 4.69) is 0 Å². The number of benzene rings is 1. The first-order valence-electron chi connectivity index (χ1n) is 6.30. The normalized spacial score (nSPS) is 16.6. The number of rotatable bonds is 5. The highest BCUT2D eigenvalue weighted by Crippen LogP contribution is 2.33. The van der Waals surface area contributed by atoms with E-state index < -0.39 is 23.5 Å². The number of carbonyl (C=O) groups excluding carboxylic acids is 1. The molecule has 116 valence electrons. The van der Waals surface area contributed by atoms with E-state index in [0.29, 0.717) is 4.32 Å². The molecule has 1 N–H and O–H groups in total. The Kier molecular flexibility index (Phi) is 5.25. The lowest BCUT2D eigenvalue weighted by molar-refractivity contribution is -0.137. The van der Waals surface area contributed by atoms with Crippen LogP contribution in [0.4, 0.5) is 8.78 Å². The van der Waals surface area contributed by atoms with Crippen molar-refractivity contribution in [3.05, 3.63) is 40.3 Å². The highest BCUT2D eigenvalue weighted by molar-refractivity contribution is 8.26. The molecular formula is C14H11F2NO3S2. The predicted molar refractivity (Wildman–Crippen MR) is 83.1 cm³/mol. The Morgan fingerprint density at radius 3 is 2.77 bits per heavy atom. The van der Waals surface area contributed by atoms with Gasteiger partial charge in [-0.05, 0) is 24.6 Å². The number of thioether (sulfide) groups is 1. The molecule has 0 aromatic heterocycles. The van der Waals surface area contributed by atoms with E-state index in [4.69, 9.17) is 17.3 Å². The summed E-state index contributed by atoms with van der Waals surface area (Å²) in [5.74, 6) is -2.81. The van der Waals surface area contributed by atoms with Gasteiger partial charge in [-0.1, -0.05) is 24.0 Å². The van der Waals surface area contributed by atoms with Crippen LogP contribution in [0.15, 0.2) is 23.1 Å².